The molecule has 0 aliphatic heterocycles. The van der Waals surface area contributed by atoms with E-state index in [9.17, 15) is 0 Å². The van der Waals surface area contributed by atoms with Crippen molar-refractivity contribution in [3.8, 4) is 0 Å². The van der Waals surface area contributed by atoms with Crippen molar-refractivity contribution in [2.75, 3.05) is 0 Å². The summed E-state index contributed by atoms with van der Waals surface area (Å²) < 4.78 is 0. The predicted molar refractivity (Wildman–Crippen MR) is 139 cm³/mol. The number of nitrogens with zero attached hydrogens (tertiary/aromatic N) is 4. The van der Waals surface area contributed by atoms with Crippen LogP contribution in [-0.2, 0) is 32.6 Å². The Kier molecular flexibility index (Phi) is 8.57. The molecule has 1 atom stereocenters. The van der Waals surface area contributed by atoms with E-state index in [1.165, 1.54) is 28.8 Å². The van der Waals surface area contributed by atoms with E-state index in [4.69, 9.17) is 0 Å². The summed E-state index contributed by atoms with van der Waals surface area (Å²) in [5.41, 5.74) is 6.26. The number of aromatic amines is 1. The van der Waals surface area contributed by atoms with E-state index in [0.717, 1.165) is 50.5 Å². The number of H-pyrrole nitrogens is 1. The number of nitrogens with one attached hydrogen (secondary N) is 2. The summed E-state index contributed by atoms with van der Waals surface area (Å²) in [6, 6.07) is 19.6. The first-order valence-corrected chi connectivity index (χ1v) is 11.7. The van der Waals surface area contributed by atoms with Crippen molar-refractivity contribution in [2.45, 2.75) is 51.5 Å². The van der Waals surface area contributed by atoms with Crippen LogP contribution in [0, 0.1) is 0 Å². The third kappa shape index (κ3) is 6.17. The Hall–Kier alpha value is -2.87. The lowest BCUT2D eigenvalue weighted by molar-refractivity contribution is 0.156. The van der Waals surface area contributed by atoms with Gasteiger partial charge in [-0.25, -0.2) is 4.98 Å². The molecule has 7 heteroatoms. The highest BCUT2D eigenvalue weighted by Gasteiger charge is 2.27. The SMILES string of the molecule is Br.c1ccc(CNCc2ccc(CN(Cc3ncc[nH]3)C3CCCc4ncccc43)cc2)nc1. The number of pyridine rings is 2. The lowest BCUT2D eigenvalue weighted by Gasteiger charge is -2.35. The molecular formula is C27H31BrN6. The van der Waals surface area contributed by atoms with Crippen LogP contribution in [0.25, 0.3) is 0 Å². The Morgan fingerprint density at radius 3 is 2.50 bits per heavy atom. The number of benzene rings is 1. The number of halogens is 1. The van der Waals surface area contributed by atoms with Crippen molar-refractivity contribution in [2.24, 2.45) is 0 Å². The van der Waals surface area contributed by atoms with E-state index in [2.05, 4.69) is 66.6 Å². The molecule has 0 saturated heterocycles. The molecule has 0 spiro atoms. The van der Waals surface area contributed by atoms with Gasteiger partial charge in [-0.3, -0.25) is 14.9 Å². The highest BCUT2D eigenvalue weighted by molar-refractivity contribution is 8.93. The van der Waals surface area contributed by atoms with Crippen LogP contribution in [0.1, 0.15) is 52.8 Å². The molecular weight excluding hydrogens is 488 g/mol. The maximum Gasteiger partial charge on any atom is 0.120 e. The largest absolute Gasteiger partial charge is 0.348 e. The van der Waals surface area contributed by atoms with Gasteiger partial charge in [0.2, 0.25) is 0 Å². The fourth-order valence-electron chi connectivity index (χ4n) is 4.65. The minimum atomic E-state index is 0. The summed E-state index contributed by atoms with van der Waals surface area (Å²) in [6.45, 7) is 3.27. The second-order valence-corrected chi connectivity index (χ2v) is 8.63. The average molecular weight is 519 g/mol. The summed E-state index contributed by atoms with van der Waals surface area (Å²) in [6.07, 6.45) is 10.9. The lowest BCUT2D eigenvalue weighted by Crippen LogP contribution is -2.31. The minimum Gasteiger partial charge on any atom is -0.348 e. The fourth-order valence-corrected chi connectivity index (χ4v) is 4.65. The van der Waals surface area contributed by atoms with Crippen molar-refractivity contribution >= 4 is 17.0 Å². The number of fused-ring (bicyclic) bond motifs is 1. The molecule has 1 aliphatic carbocycles. The smallest absolute Gasteiger partial charge is 0.120 e. The molecule has 1 aliphatic rings. The molecule has 0 radical (unpaired) electrons. The van der Waals surface area contributed by atoms with Crippen LogP contribution in [0.2, 0.25) is 0 Å². The van der Waals surface area contributed by atoms with E-state index in [-0.39, 0.29) is 17.0 Å². The summed E-state index contributed by atoms with van der Waals surface area (Å²) in [4.78, 5) is 19.3. The predicted octanol–water partition coefficient (Wildman–Crippen LogP) is 5.15. The molecule has 0 bridgehead atoms. The molecule has 1 unspecified atom stereocenters. The van der Waals surface area contributed by atoms with Crippen molar-refractivity contribution < 1.29 is 0 Å². The monoisotopic (exact) mass is 518 g/mol. The maximum atomic E-state index is 4.66. The summed E-state index contributed by atoms with van der Waals surface area (Å²) in [7, 11) is 0. The standard InChI is InChI=1S/C27H30N6.BrH/c1-2-13-29-23(5-1)18-28-17-21-9-11-22(12-10-21)19-33(20-27-31-15-16-32-27)26-8-3-7-25-24(26)6-4-14-30-25;/h1-2,4-6,9-16,26,28H,3,7-8,17-20H2,(H,31,32);1H. The quantitative estimate of drug-likeness (QED) is 0.320. The van der Waals surface area contributed by atoms with Crippen LogP contribution in [0.15, 0.2) is 79.4 Å². The van der Waals surface area contributed by atoms with Gasteiger partial charge >= 0.3 is 0 Å². The first kappa shape index (κ1) is 24.3. The van der Waals surface area contributed by atoms with Gasteiger partial charge in [-0.2, -0.15) is 0 Å². The fraction of sp³-hybridized carbons (Fsp3) is 0.296. The van der Waals surface area contributed by atoms with Crippen LogP contribution in [0.3, 0.4) is 0 Å². The van der Waals surface area contributed by atoms with E-state index in [1.807, 2.05) is 43.0 Å². The second-order valence-electron chi connectivity index (χ2n) is 8.63. The van der Waals surface area contributed by atoms with Gasteiger partial charge in [-0.05, 0) is 54.2 Å². The molecule has 3 heterocycles. The van der Waals surface area contributed by atoms with Crippen LogP contribution in [-0.4, -0.2) is 24.8 Å². The first-order chi connectivity index (χ1) is 16.3. The van der Waals surface area contributed by atoms with Gasteiger partial charge in [-0.15, -0.1) is 17.0 Å². The molecule has 0 amide bonds. The molecule has 2 N–H and O–H groups in total. The topological polar surface area (TPSA) is 69.7 Å². The number of rotatable bonds is 9. The number of aromatic nitrogens is 4. The Bertz CT molecular complexity index is 1130. The molecule has 176 valence electrons. The molecule has 3 aromatic heterocycles. The van der Waals surface area contributed by atoms with Crippen LogP contribution >= 0.6 is 17.0 Å². The summed E-state index contributed by atoms with van der Waals surface area (Å²) in [5.74, 6) is 1.00. The molecule has 0 fully saturated rings. The van der Waals surface area contributed by atoms with Gasteiger partial charge < -0.3 is 10.3 Å². The Morgan fingerprint density at radius 1 is 0.853 bits per heavy atom. The third-order valence-corrected chi connectivity index (χ3v) is 6.29. The number of hydrogen-bond donors (Lipinski definition) is 2. The summed E-state index contributed by atoms with van der Waals surface area (Å²) in [5, 5.41) is 3.48. The zero-order valence-corrected chi connectivity index (χ0v) is 20.9. The van der Waals surface area contributed by atoms with E-state index in [0.29, 0.717) is 6.04 Å². The number of aryl methyl sites for hydroxylation is 1. The molecule has 0 saturated carbocycles. The number of hydrogen-bond acceptors (Lipinski definition) is 5. The van der Waals surface area contributed by atoms with Crippen molar-refractivity contribution in [1.29, 1.82) is 0 Å². The van der Waals surface area contributed by atoms with Crippen molar-refractivity contribution in [3.63, 3.8) is 0 Å². The van der Waals surface area contributed by atoms with E-state index in [1.54, 1.807) is 0 Å². The van der Waals surface area contributed by atoms with Crippen LogP contribution < -0.4 is 5.32 Å². The summed E-state index contributed by atoms with van der Waals surface area (Å²) >= 11 is 0. The Balaban J connectivity index is 0.00000274. The minimum absolute atomic E-state index is 0. The van der Waals surface area contributed by atoms with Crippen molar-refractivity contribution in [3.05, 3.63) is 113 Å². The van der Waals surface area contributed by atoms with Gasteiger partial charge in [-0.1, -0.05) is 36.4 Å². The molecule has 34 heavy (non-hydrogen) atoms. The van der Waals surface area contributed by atoms with Crippen LogP contribution in [0.4, 0.5) is 0 Å². The highest BCUT2D eigenvalue weighted by atomic mass is 79.9. The Labute approximate surface area is 211 Å². The zero-order valence-electron chi connectivity index (χ0n) is 19.2. The Morgan fingerprint density at radius 2 is 1.71 bits per heavy atom. The van der Waals surface area contributed by atoms with Gasteiger partial charge in [0, 0.05) is 56.2 Å². The molecule has 5 rings (SSSR count). The second kappa shape index (κ2) is 12.0. The molecule has 1 aromatic carbocycles. The zero-order chi connectivity index (χ0) is 22.3. The number of imidazole rings is 1. The lowest BCUT2D eigenvalue weighted by atomic mass is 9.90. The maximum absolute atomic E-state index is 4.66. The van der Waals surface area contributed by atoms with Gasteiger partial charge in [0.1, 0.15) is 5.82 Å². The van der Waals surface area contributed by atoms with Gasteiger partial charge in [0.05, 0.1) is 12.2 Å². The normalized spacial score (nSPS) is 15.0. The van der Waals surface area contributed by atoms with E-state index < -0.39 is 0 Å². The van der Waals surface area contributed by atoms with Gasteiger partial charge in [0.25, 0.3) is 0 Å². The van der Waals surface area contributed by atoms with E-state index >= 15 is 0 Å². The first-order valence-electron chi connectivity index (χ1n) is 11.7. The average Bonchev–Trinajstić information content (AvgIpc) is 3.38. The van der Waals surface area contributed by atoms with Crippen LogP contribution in [0.5, 0.6) is 0 Å². The molecule has 4 aromatic rings. The molecule has 6 nitrogen and oxygen atoms in total. The van der Waals surface area contributed by atoms with Crippen molar-refractivity contribution in [1.82, 2.24) is 30.2 Å². The highest BCUT2D eigenvalue weighted by Crippen LogP contribution is 2.35. The third-order valence-electron chi connectivity index (χ3n) is 6.29. The van der Waals surface area contributed by atoms with Gasteiger partial charge in [0.15, 0.2) is 0 Å².